The van der Waals surface area contributed by atoms with E-state index in [0.717, 1.165) is 25.2 Å². The van der Waals surface area contributed by atoms with Gasteiger partial charge in [-0.1, -0.05) is 38.5 Å². The van der Waals surface area contributed by atoms with Crippen molar-refractivity contribution in [1.82, 2.24) is 9.55 Å². The summed E-state index contributed by atoms with van der Waals surface area (Å²) in [5, 5.41) is 0. The molecule has 0 aliphatic carbocycles. The van der Waals surface area contributed by atoms with Crippen molar-refractivity contribution in [1.29, 1.82) is 0 Å². The Balaban J connectivity index is 1.83. The van der Waals surface area contributed by atoms with Gasteiger partial charge in [-0.25, -0.2) is 4.98 Å². The number of ether oxygens (including phenoxy) is 1. The topological polar surface area (TPSA) is 44.1 Å². The lowest BCUT2D eigenvalue weighted by molar-refractivity contribution is -0.143. The molecule has 0 aromatic carbocycles. The molecule has 0 atom stereocenters. The van der Waals surface area contributed by atoms with Crippen LogP contribution in [-0.4, -0.2) is 22.1 Å². The van der Waals surface area contributed by atoms with E-state index in [4.69, 9.17) is 4.74 Å². The number of imidazole rings is 1. The molecule has 0 bridgehead atoms. The number of hydrogen-bond acceptors (Lipinski definition) is 3. The fourth-order valence-corrected chi connectivity index (χ4v) is 2.49. The van der Waals surface area contributed by atoms with Crippen LogP contribution in [0.4, 0.5) is 0 Å². The number of esters is 1. The lowest BCUT2D eigenvalue weighted by Gasteiger charge is -2.05. The predicted molar refractivity (Wildman–Crippen MR) is 85.2 cm³/mol. The molecule has 0 saturated heterocycles. The van der Waals surface area contributed by atoms with Crippen molar-refractivity contribution < 1.29 is 9.53 Å². The highest BCUT2D eigenvalue weighted by Gasteiger charge is 2.00. The fraction of sp³-hybridized carbons (Fsp3) is 0.765. The zero-order chi connectivity index (χ0) is 15.3. The minimum absolute atomic E-state index is 0.0488. The normalized spacial score (nSPS) is 10.8. The first kappa shape index (κ1) is 17.7. The average Bonchev–Trinajstić information content (AvgIpc) is 2.87. The Bertz CT molecular complexity index is 388. The van der Waals surface area contributed by atoms with Crippen molar-refractivity contribution in [2.45, 2.75) is 78.2 Å². The van der Waals surface area contributed by atoms with E-state index in [2.05, 4.69) is 22.7 Å². The molecule has 0 N–H and O–H groups in total. The van der Waals surface area contributed by atoms with Crippen molar-refractivity contribution >= 4 is 5.97 Å². The van der Waals surface area contributed by atoms with Crippen LogP contribution < -0.4 is 0 Å². The van der Waals surface area contributed by atoms with Crippen molar-refractivity contribution in [3.05, 3.63) is 18.2 Å². The average molecular weight is 294 g/mol. The summed E-state index contributed by atoms with van der Waals surface area (Å²) in [4.78, 5) is 15.4. The van der Waals surface area contributed by atoms with Gasteiger partial charge in [-0.05, 0) is 26.7 Å². The Morgan fingerprint density at radius 2 is 1.71 bits per heavy atom. The first-order valence-corrected chi connectivity index (χ1v) is 8.37. The molecule has 0 saturated carbocycles. The van der Waals surface area contributed by atoms with Crippen LogP contribution >= 0.6 is 0 Å². The standard InChI is InChI=1S/C17H30N2O2/c1-3-21-17(20)12-10-8-6-4-5-7-9-11-14-19-15-13-18-16(19)2/h13,15H,3-12,14H2,1-2H3. The van der Waals surface area contributed by atoms with Crippen LogP contribution in [0.1, 0.15) is 70.5 Å². The third-order valence-corrected chi connectivity index (χ3v) is 3.76. The van der Waals surface area contributed by atoms with Crippen LogP contribution in [0, 0.1) is 6.92 Å². The predicted octanol–water partition coefficient (Wildman–Crippen LogP) is 4.27. The summed E-state index contributed by atoms with van der Waals surface area (Å²) < 4.78 is 7.13. The van der Waals surface area contributed by atoms with Gasteiger partial charge < -0.3 is 9.30 Å². The number of rotatable bonds is 12. The fourth-order valence-electron chi connectivity index (χ4n) is 2.49. The summed E-state index contributed by atoms with van der Waals surface area (Å²) in [6.45, 7) is 5.49. The Morgan fingerprint density at radius 3 is 2.29 bits per heavy atom. The second-order valence-corrected chi connectivity index (χ2v) is 5.55. The first-order valence-electron chi connectivity index (χ1n) is 8.37. The van der Waals surface area contributed by atoms with E-state index in [1.165, 1.54) is 38.5 Å². The van der Waals surface area contributed by atoms with Crippen LogP contribution in [0.5, 0.6) is 0 Å². The Morgan fingerprint density at radius 1 is 1.10 bits per heavy atom. The Kier molecular flexibility index (Phi) is 9.58. The van der Waals surface area contributed by atoms with Gasteiger partial charge in [0.25, 0.3) is 0 Å². The Labute approximate surface area is 128 Å². The van der Waals surface area contributed by atoms with E-state index in [1.807, 2.05) is 13.1 Å². The molecule has 4 heteroatoms. The molecule has 4 nitrogen and oxygen atoms in total. The highest BCUT2D eigenvalue weighted by molar-refractivity contribution is 5.69. The van der Waals surface area contributed by atoms with E-state index in [9.17, 15) is 4.79 Å². The molecule has 1 rings (SSSR count). The van der Waals surface area contributed by atoms with Gasteiger partial charge in [-0.15, -0.1) is 0 Å². The van der Waals surface area contributed by atoms with Crippen LogP contribution in [0.2, 0.25) is 0 Å². The Hall–Kier alpha value is -1.32. The molecule has 120 valence electrons. The molecule has 21 heavy (non-hydrogen) atoms. The summed E-state index contributed by atoms with van der Waals surface area (Å²) in [6, 6.07) is 0. The lowest BCUT2D eigenvalue weighted by Crippen LogP contribution is -2.03. The van der Waals surface area contributed by atoms with Crippen molar-refractivity contribution in [2.24, 2.45) is 0 Å². The highest BCUT2D eigenvalue weighted by Crippen LogP contribution is 2.11. The molecule has 1 aromatic heterocycles. The quantitative estimate of drug-likeness (QED) is 0.427. The number of aromatic nitrogens is 2. The summed E-state index contributed by atoms with van der Waals surface area (Å²) in [6.07, 6.45) is 14.3. The molecular formula is C17H30N2O2. The van der Waals surface area contributed by atoms with Gasteiger partial charge >= 0.3 is 5.97 Å². The maximum atomic E-state index is 11.1. The third kappa shape index (κ3) is 8.53. The van der Waals surface area contributed by atoms with Gasteiger partial charge in [0.15, 0.2) is 0 Å². The summed E-state index contributed by atoms with van der Waals surface area (Å²) in [5.74, 6) is 1.06. The van der Waals surface area contributed by atoms with Gasteiger partial charge in [-0.2, -0.15) is 0 Å². The molecular weight excluding hydrogens is 264 g/mol. The largest absolute Gasteiger partial charge is 0.466 e. The number of aryl methyl sites for hydroxylation is 2. The number of hydrogen-bond donors (Lipinski definition) is 0. The number of nitrogens with zero attached hydrogens (tertiary/aromatic N) is 2. The van der Waals surface area contributed by atoms with Crippen LogP contribution in [0.25, 0.3) is 0 Å². The number of carbonyl (C=O) groups excluding carboxylic acids is 1. The van der Waals surface area contributed by atoms with Gasteiger partial charge in [-0.3, -0.25) is 4.79 Å². The van der Waals surface area contributed by atoms with Crippen LogP contribution in [-0.2, 0) is 16.1 Å². The minimum Gasteiger partial charge on any atom is -0.466 e. The summed E-state index contributed by atoms with van der Waals surface area (Å²) in [5.41, 5.74) is 0. The molecule has 0 amide bonds. The van der Waals surface area contributed by atoms with E-state index in [-0.39, 0.29) is 5.97 Å². The first-order chi connectivity index (χ1) is 10.2. The van der Waals surface area contributed by atoms with Crippen molar-refractivity contribution in [3.8, 4) is 0 Å². The number of carbonyl (C=O) groups is 1. The van der Waals surface area contributed by atoms with E-state index in [1.54, 1.807) is 0 Å². The second-order valence-electron chi connectivity index (χ2n) is 5.55. The molecule has 0 unspecified atom stereocenters. The monoisotopic (exact) mass is 294 g/mol. The SMILES string of the molecule is CCOC(=O)CCCCCCCCCCn1ccnc1C. The molecule has 0 aliphatic rings. The highest BCUT2D eigenvalue weighted by atomic mass is 16.5. The van der Waals surface area contributed by atoms with Gasteiger partial charge in [0.1, 0.15) is 5.82 Å². The van der Waals surface area contributed by atoms with E-state index >= 15 is 0 Å². The van der Waals surface area contributed by atoms with Gasteiger partial charge in [0.2, 0.25) is 0 Å². The van der Waals surface area contributed by atoms with Gasteiger partial charge in [0, 0.05) is 25.4 Å². The van der Waals surface area contributed by atoms with Crippen LogP contribution in [0.15, 0.2) is 12.4 Å². The third-order valence-electron chi connectivity index (χ3n) is 3.76. The molecule has 1 heterocycles. The molecule has 0 aliphatic heterocycles. The zero-order valence-corrected chi connectivity index (χ0v) is 13.6. The minimum atomic E-state index is -0.0488. The van der Waals surface area contributed by atoms with Crippen molar-refractivity contribution in [3.63, 3.8) is 0 Å². The summed E-state index contributed by atoms with van der Waals surface area (Å²) in [7, 11) is 0. The van der Waals surface area contributed by atoms with Crippen molar-refractivity contribution in [2.75, 3.05) is 6.61 Å². The van der Waals surface area contributed by atoms with Crippen LogP contribution in [0.3, 0.4) is 0 Å². The van der Waals surface area contributed by atoms with E-state index in [0.29, 0.717) is 13.0 Å². The smallest absolute Gasteiger partial charge is 0.305 e. The number of unbranched alkanes of at least 4 members (excludes halogenated alkanes) is 7. The zero-order valence-electron chi connectivity index (χ0n) is 13.6. The second kappa shape index (κ2) is 11.4. The van der Waals surface area contributed by atoms with Gasteiger partial charge in [0.05, 0.1) is 6.61 Å². The van der Waals surface area contributed by atoms with E-state index < -0.39 is 0 Å². The molecule has 1 aromatic rings. The lowest BCUT2D eigenvalue weighted by atomic mass is 10.1. The molecule has 0 spiro atoms. The maximum Gasteiger partial charge on any atom is 0.305 e. The summed E-state index contributed by atoms with van der Waals surface area (Å²) >= 11 is 0. The molecule has 0 fully saturated rings. The molecule has 0 radical (unpaired) electrons. The maximum absolute atomic E-state index is 11.1.